The first-order valence-corrected chi connectivity index (χ1v) is 4.53. The number of rotatable bonds is 2. The van der Waals surface area contributed by atoms with Crippen molar-refractivity contribution in [3.8, 4) is 0 Å². The van der Waals surface area contributed by atoms with Crippen LogP contribution in [0.25, 0.3) is 0 Å². The first-order chi connectivity index (χ1) is 3.66. The van der Waals surface area contributed by atoms with Crippen molar-refractivity contribution in [3.05, 3.63) is 11.0 Å². The van der Waals surface area contributed by atoms with Crippen LogP contribution in [0, 0.1) is 0 Å². The molecule has 1 unspecified atom stereocenters. The Bertz CT molecular complexity index is 119. The molecule has 0 saturated heterocycles. The molecular formula is C4H8O2S2. The molecule has 0 rings (SSSR count). The van der Waals surface area contributed by atoms with Crippen molar-refractivity contribution in [3.63, 3.8) is 0 Å². The molecule has 0 radical (unpaired) electrons. The van der Waals surface area contributed by atoms with E-state index in [1.54, 1.807) is 13.0 Å². The third kappa shape index (κ3) is 4.36. The van der Waals surface area contributed by atoms with Crippen LogP contribution in [-0.4, -0.2) is 8.76 Å². The molecule has 0 saturated carbocycles. The second-order valence-electron chi connectivity index (χ2n) is 1.20. The van der Waals surface area contributed by atoms with Crippen molar-refractivity contribution in [2.75, 3.05) is 0 Å². The van der Waals surface area contributed by atoms with Gasteiger partial charge in [0.05, 0.1) is 0 Å². The number of allylic oxidation sites excluding steroid dienone is 2. The van der Waals surface area contributed by atoms with E-state index in [4.69, 9.17) is 4.55 Å². The van der Waals surface area contributed by atoms with Crippen LogP contribution in [0.3, 0.4) is 0 Å². The van der Waals surface area contributed by atoms with Gasteiger partial charge in [-0.3, -0.25) is 4.55 Å². The maximum atomic E-state index is 10.0. The molecular weight excluding hydrogens is 144 g/mol. The maximum absolute atomic E-state index is 10.0. The molecule has 0 fully saturated rings. The van der Waals surface area contributed by atoms with E-state index in [0.717, 1.165) is 15.7 Å². The zero-order chi connectivity index (χ0) is 6.57. The Kier molecular flexibility index (Phi) is 4.22. The monoisotopic (exact) mass is 152 g/mol. The molecule has 0 aromatic rings. The molecule has 8 heavy (non-hydrogen) atoms. The highest BCUT2D eigenvalue weighted by molar-refractivity contribution is 8.68. The molecule has 2 nitrogen and oxygen atoms in total. The predicted octanol–water partition coefficient (Wildman–Crippen LogP) is 1.78. The quantitative estimate of drug-likeness (QED) is 0.484. The molecule has 4 heteroatoms. The van der Waals surface area contributed by atoms with Gasteiger partial charge in [-0.05, 0) is 29.5 Å². The Balaban J connectivity index is 3.56. The predicted molar refractivity (Wildman–Crippen MR) is 37.8 cm³/mol. The Morgan fingerprint density at radius 3 is 2.50 bits per heavy atom. The Labute approximate surface area is 55.0 Å². The average molecular weight is 152 g/mol. The van der Waals surface area contributed by atoms with Gasteiger partial charge >= 0.3 is 0 Å². The van der Waals surface area contributed by atoms with Crippen LogP contribution in [0.5, 0.6) is 0 Å². The van der Waals surface area contributed by atoms with Crippen LogP contribution in [0.1, 0.15) is 13.8 Å². The molecule has 0 aliphatic rings. The Morgan fingerprint density at radius 2 is 2.38 bits per heavy atom. The molecule has 0 aromatic carbocycles. The minimum atomic E-state index is -1.75. The molecule has 0 amide bonds. The average Bonchev–Trinajstić information content (AvgIpc) is 1.65. The van der Waals surface area contributed by atoms with Gasteiger partial charge in [-0.2, -0.15) is 0 Å². The summed E-state index contributed by atoms with van der Waals surface area (Å²) in [5.41, 5.74) is 0. The summed E-state index contributed by atoms with van der Waals surface area (Å²) in [5.74, 6) is 0. The smallest absolute Gasteiger partial charge is 0.220 e. The summed E-state index contributed by atoms with van der Waals surface area (Å²) in [7, 11) is -0.804. The summed E-state index contributed by atoms with van der Waals surface area (Å²) in [5, 5.41) is 0. The van der Waals surface area contributed by atoms with Gasteiger partial charge in [-0.25, -0.2) is 4.21 Å². The van der Waals surface area contributed by atoms with Crippen LogP contribution in [0.15, 0.2) is 11.0 Å². The van der Waals surface area contributed by atoms with Gasteiger partial charge in [0.1, 0.15) is 0 Å². The van der Waals surface area contributed by atoms with Crippen LogP contribution in [0.4, 0.5) is 0 Å². The fourth-order valence-electron chi connectivity index (χ4n) is 0.161. The van der Waals surface area contributed by atoms with E-state index in [-0.39, 0.29) is 0 Å². The van der Waals surface area contributed by atoms with E-state index < -0.39 is 10.1 Å². The summed E-state index contributed by atoms with van der Waals surface area (Å²) >= 11 is 0. The van der Waals surface area contributed by atoms with Gasteiger partial charge in [-0.15, -0.1) is 0 Å². The lowest BCUT2D eigenvalue weighted by atomic mass is 10.6. The molecule has 0 heterocycles. The molecule has 48 valence electrons. The normalized spacial score (nSPS) is 16.1. The van der Waals surface area contributed by atoms with Crippen molar-refractivity contribution >= 4 is 20.9 Å². The first kappa shape index (κ1) is 8.20. The van der Waals surface area contributed by atoms with Gasteiger partial charge in [0.15, 0.2) is 0 Å². The van der Waals surface area contributed by atoms with Crippen molar-refractivity contribution in [1.29, 1.82) is 0 Å². The number of hydrogen-bond donors (Lipinski definition) is 1. The van der Waals surface area contributed by atoms with Crippen molar-refractivity contribution in [2.24, 2.45) is 0 Å². The molecule has 0 spiro atoms. The van der Waals surface area contributed by atoms with Crippen LogP contribution >= 0.6 is 10.8 Å². The first-order valence-electron chi connectivity index (χ1n) is 2.09. The van der Waals surface area contributed by atoms with Crippen molar-refractivity contribution < 1.29 is 8.76 Å². The zero-order valence-electron chi connectivity index (χ0n) is 4.75. The lowest BCUT2D eigenvalue weighted by molar-refractivity contribution is 0.581. The molecule has 0 aromatic heterocycles. The molecule has 0 aliphatic heterocycles. The summed E-state index contributed by atoms with van der Waals surface area (Å²) in [6.07, 6.45) is 1.79. The fourth-order valence-corrected chi connectivity index (χ4v) is 1.45. The van der Waals surface area contributed by atoms with Crippen molar-refractivity contribution in [2.45, 2.75) is 13.8 Å². The van der Waals surface area contributed by atoms with Crippen LogP contribution in [-0.2, 0) is 10.1 Å². The third-order valence-electron chi connectivity index (χ3n) is 0.609. The van der Waals surface area contributed by atoms with Gasteiger partial charge in [0.25, 0.3) is 0 Å². The lowest BCUT2D eigenvalue weighted by Crippen LogP contribution is -1.75. The number of hydrogen-bond acceptors (Lipinski definition) is 2. The third-order valence-corrected chi connectivity index (χ3v) is 2.47. The van der Waals surface area contributed by atoms with Gasteiger partial charge in [0.2, 0.25) is 10.1 Å². The minimum absolute atomic E-state index is 0.867. The largest absolute Gasteiger partial charge is 0.297 e. The highest BCUT2D eigenvalue weighted by Gasteiger charge is 1.92. The molecule has 1 atom stereocenters. The van der Waals surface area contributed by atoms with E-state index in [1.807, 2.05) is 6.92 Å². The van der Waals surface area contributed by atoms with E-state index >= 15 is 0 Å². The summed E-state index contributed by atoms with van der Waals surface area (Å²) in [6, 6.07) is 0. The SMILES string of the molecule is CC=C(C)SS(=O)O. The van der Waals surface area contributed by atoms with E-state index in [2.05, 4.69) is 0 Å². The lowest BCUT2D eigenvalue weighted by Gasteiger charge is -1.89. The Morgan fingerprint density at radius 1 is 1.88 bits per heavy atom. The molecule has 1 N–H and O–H groups in total. The summed E-state index contributed by atoms with van der Waals surface area (Å²) < 4.78 is 18.3. The van der Waals surface area contributed by atoms with E-state index in [9.17, 15) is 4.21 Å². The second-order valence-corrected chi connectivity index (χ2v) is 3.80. The highest BCUT2D eigenvalue weighted by Crippen LogP contribution is 2.16. The zero-order valence-corrected chi connectivity index (χ0v) is 6.38. The van der Waals surface area contributed by atoms with E-state index in [0.29, 0.717) is 0 Å². The highest BCUT2D eigenvalue weighted by atomic mass is 33.1. The van der Waals surface area contributed by atoms with Gasteiger partial charge < -0.3 is 0 Å². The minimum Gasteiger partial charge on any atom is -0.297 e. The summed E-state index contributed by atoms with van der Waals surface area (Å²) in [6.45, 7) is 3.62. The topological polar surface area (TPSA) is 37.3 Å². The van der Waals surface area contributed by atoms with Crippen LogP contribution in [0.2, 0.25) is 0 Å². The molecule has 0 bridgehead atoms. The van der Waals surface area contributed by atoms with Crippen LogP contribution < -0.4 is 0 Å². The Hall–Kier alpha value is 0.200. The van der Waals surface area contributed by atoms with E-state index in [1.165, 1.54) is 0 Å². The fraction of sp³-hybridized carbons (Fsp3) is 0.500. The van der Waals surface area contributed by atoms with Gasteiger partial charge in [-0.1, -0.05) is 6.08 Å². The second kappa shape index (κ2) is 4.12. The van der Waals surface area contributed by atoms with Gasteiger partial charge in [0, 0.05) is 0 Å². The molecule has 0 aliphatic carbocycles. The maximum Gasteiger partial charge on any atom is 0.220 e. The summed E-state index contributed by atoms with van der Waals surface area (Å²) in [4.78, 5) is 0.867. The van der Waals surface area contributed by atoms with Crippen molar-refractivity contribution in [1.82, 2.24) is 0 Å². The standard InChI is InChI=1S/C4H8O2S2/c1-3-4(2)7-8(5)6/h3H,1-2H3,(H,5,6).